The second-order valence-electron chi connectivity index (χ2n) is 6.26. The molecule has 1 saturated heterocycles. The fourth-order valence-electron chi connectivity index (χ4n) is 3.22. The lowest BCUT2D eigenvalue weighted by Crippen LogP contribution is -2.38. The molecule has 1 aromatic rings. The van der Waals surface area contributed by atoms with Crippen molar-refractivity contribution in [2.75, 3.05) is 27.2 Å². The van der Waals surface area contributed by atoms with Crippen LogP contribution >= 0.6 is 11.3 Å². The van der Waals surface area contributed by atoms with Gasteiger partial charge in [-0.15, -0.1) is 11.3 Å². The third kappa shape index (κ3) is 2.77. The fraction of sp³-hybridized carbons (Fsp3) is 0.600. The van der Waals surface area contributed by atoms with Gasteiger partial charge in [0.25, 0.3) is 0 Å². The number of urea groups is 1. The van der Waals surface area contributed by atoms with Crippen molar-refractivity contribution in [1.82, 2.24) is 15.1 Å². The Bertz CT molecular complexity index is 543. The van der Waals surface area contributed by atoms with E-state index in [-0.39, 0.29) is 23.3 Å². The number of hydrogen-bond acceptors (Lipinski definition) is 3. The minimum absolute atomic E-state index is 0.0468. The molecule has 2 aliphatic rings. The monoisotopic (exact) mass is 307 g/mol. The largest absolute Gasteiger partial charge is 0.351 e. The van der Waals surface area contributed by atoms with Crippen molar-refractivity contribution in [2.45, 2.75) is 19.4 Å². The van der Waals surface area contributed by atoms with Gasteiger partial charge in [-0.25, -0.2) is 4.79 Å². The van der Waals surface area contributed by atoms with Gasteiger partial charge in [0.1, 0.15) is 0 Å². The average Bonchev–Trinajstić information content (AvgIpc) is 2.83. The van der Waals surface area contributed by atoms with Crippen LogP contribution in [0.5, 0.6) is 0 Å². The van der Waals surface area contributed by atoms with E-state index in [4.69, 9.17) is 0 Å². The van der Waals surface area contributed by atoms with E-state index < -0.39 is 0 Å². The van der Waals surface area contributed by atoms with E-state index >= 15 is 0 Å². The first-order chi connectivity index (χ1) is 10.0. The molecule has 1 N–H and O–H groups in total. The SMILES string of the molecule is CN(C)C(=O)N1CC[C@@]2(C[C@H]2C(=O)NCc2cccs2)C1. The fourth-order valence-corrected chi connectivity index (χ4v) is 3.87. The topological polar surface area (TPSA) is 52.7 Å². The van der Waals surface area contributed by atoms with Gasteiger partial charge in [-0.3, -0.25) is 4.79 Å². The summed E-state index contributed by atoms with van der Waals surface area (Å²) in [7, 11) is 3.54. The van der Waals surface area contributed by atoms with E-state index in [0.717, 1.165) is 25.9 Å². The molecule has 2 atom stereocenters. The summed E-state index contributed by atoms with van der Waals surface area (Å²) >= 11 is 1.66. The van der Waals surface area contributed by atoms with Gasteiger partial charge >= 0.3 is 6.03 Å². The van der Waals surface area contributed by atoms with E-state index in [1.165, 1.54) is 4.88 Å². The molecule has 0 radical (unpaired) electrons. The van der Waals surface area contributed by atoms with E-state index in [1.54, 1.807) is 30.3 Å². The van der Waals surface area contributed by atoms with Crippen LogP contribution < -0.4 is 5.32 Å². The van der Waals surface area contributed by atoms with Crippen LogP contribution in [0.25, 0.3) is 0 Å². The van der Waals surface area contributed by atoms with Crippen LogP contribution in [0.15, 0.2) is 17.5 Å². The first-order valence-corrected chi connectivity index (χ1v) is 8.16. The molecule has 2 heterocycles. The maximum absolute atomic E-state index is 12.3. The summed E-state index contributed by atoms with van der Waals surface area (Å²) in [5.74, 6) is 0.222. The molecule has 0 aromatic carbocycles. The Morgan fingerprint density at radius 2 is 2.33 bits per heavy atom. The predicted octanol–water partition coefficient (Wildman–Crippen LogP) is 1.76. The number of nitrogens with zero attached hydrogens (tertiary/aromatic N) is 2. The number of carbonyl (C=O) groups is 2. The van der Waals surface area contributed by atoms with Gasteiger partial charge in [-0.05, 0) is 24.3 Å². The van der Waals surface area contributed by atoms with Crippen LogP contribution in [-0.2, 0) is 11.3 Å². The molecule has 1 aromatic heterocycles. The Kier molecular flexibility index (Phi) is 3.65. The number of thiophene rings is 1. The number of nitrogens with one attached hydrogen (secondary N) is 1. The lowest BCUT2D eigenvalue weighted by atomic mass is 10.0. The van der Waals surface area contributed by atoms with Crippen LogP contribution in [0.4, 0.5) is 4.79 Å². The number of likely N-dealkylation sites (tertiary alicyclic amines) is 1. The lowest BCUT2D eigenvalue weighted by Gasteiger charge is -2.21. The summed E-state index contributed by atoms with van der Waals surface area (Å²) in [6.45, 7) is 2.11. The Morgan fingerprint density at radius 3 is 3.00 bits per heavy atom. The molecule has 5 nitrogen and oxygen atoms in total. The summed E-state index contributed by atoms with van der Waals surface area (Å²) in [6.07, 6.45) is 1.87. The van der Waals surface area contributed by atoms with Crippen molar-refractivity contribution in [3.8, 4) is 0 Å². The van der Waals surface area contributed by atoms with Crippen LogP contribution in [0.1, 0.15) is 17.7 Å². The molecule has 2 fully saturated rings. The first-order valence-electron chi connectivity index (χ1n) is 7.28. The van der Waals surface area contributed by atoms with Crippen molar-refractivity contribution in [1.29, 1.82) is 0 Å². The predicted molar refractivity (Wildman–Crippen MR) is 82.0 cm³/mol. The van der Waals surface area contributed by atoms with E-state index in [2.05, 4.69) is 5.32 Å². The first kappa shape index (κ1) is 14.4. The molecule has 0 unspecified atom stereocenters. The maximum Gasteiger partial charge on any atom is 0.319 e. The van der Waals surface area contributed by atoms with Gasteiger partial charge in [0.2, 0.25) is 5.91 Å². The zero-order valence-electron chi connectivity index (χ0n) is 12.5. The van der Waals surface area contributed by atoms with Crippen LogP contribution in [0.2, 0.25) is 0 Å². The molecule has 21 heavy (non-hydrogen) atoms. The van der Waals surface area contributed by atoms with Crippen molar-refractivity contribution >= 4 is 23.3 Å². The van der Waals surface area contributed by atoms with Crippen molar-refractivity contribution in [3.63, 3.8) is 0 Å². The lowest BCUT2D eigenvalue weighted by molar-refractivity contribution is -0.123. The molecule has 6 heteroatoms. The molecule has 1 aliphatic heterocycles. The third-order valence-electron chi connectivity index (χ3n) is 4.56. The number of hydrogen-bond donors (Lipinski definition) is 1. The van der Waals surface area contributed by atoms with Crippen LogP contribution in [0.3, 0.4) is 0 Å². The van der Waals surface area contributed by atoms with Crippen molar-refractivity contribution in [3.05, 3.63) is 22.4 Å². The quantitative estimate of drug-likeness (QED) is 0.925. The minimum atomic E-state index is 0.0468. The zero-order chi connectivity index (χ0) is 15.0. The van der Waals surface area contributed by atoms with E-state index in [9.17, 15) is 9.59 Å². The second-order valence-corrected chi connectivity index (χ2v) is 7.30. The van der Waals surface area contributed by atoms with E-state index in [1.807, 2.05) is 22.4 Å². The summed E-state index contributed by atoms with van der Waals surface area (Å²) < 4.78 is 0. The highest BCUT2D eigenvalue weighted by atomic mass is 32.1. The molecule has 114 valence electrons. The molecule has 3 rings (SSSR count). The Labute approximate surface area is 128 Å². The molecule has 3 amide bonds. The molecule has 1 spiro atoms. The van der Waals surface area contributed by atoms with Gasteiger partial charge in [0.15, 0.2) is 0 Å². The van der Waals surface area contributed by atoms with Gasteiger partial charge in [0, 0.05) is 43.4 Å². The van der Waals surface area contributed by atoms with Crippen LogP contribution in [-0.4, -0.2) is 48.9 Å². The summed E-state index contributed by atoms with van der Waals surface area (Å²) in [4.78, 5) is 28.9. The number of carbonyl (C=O) groups excluding carboxylic acids is 2. The Morgan fingerprint density at radius 1 is 1.52 bits per heavy atom. The summed E-state index contributed by atoms with van der Waals surface area (Å²) in [5, 5.41) is 5.04. The molecule has 1 saturated carbocycles. The molecular weight excluding hydrogens is 286 g/mol. The third-order valence-corrected chi connectivity index (χ3v) is 5.44. The maximum atomic E-state index is 12.3. The van der Waals surface area contributed by atoms with Gasteiger partial charge in [-0.1, -0.05) is 6.07 Å². The standard InChI is InChI=1S/C15H21N3O2S/c1-17(2)14(20)18-6-5-15(10-18)8-12(15)13(19)16-9-11-4-3-7-21-11/h3-4,7,12H,5-6,8-10H2,1-2H3,(H,16,19)/t12-,15+/m0/s1. The van der Waals surface area contributed by atoms with E-state index in [0.29, 0.717) is 6.54 Å². The normalized spacial score (nSPS) is 27.0. The average molecular weight is 307 g/mol. The van der Waals surface area contributed by atoms with Gasteiger partial charge in [-0.2, -0.15) is 0 Å². The summed E-state index contributed by atoms with van der Waals surface area (Å²) in [6, 6.07) is 4.07. The summed E-state index contributed by atoms with van der Waals surface area (Å²) in [5.41, 5.74) is 0.0468. The molecule has 1 aliphatic carbocycles. The number of amides is 3. The van der Waals surface area contributed by atoms with Gasteiger partial charge < -0.3 is 15.1 Å². The van der Waals surface area contributed by atoms with Crippen LogP contribution in [0, 0.1) is 11.3 Å². The Balaban J connectivity index is 1.51. The Hall–Kier alpha value is -1.56. The number of rotatable bonds is 3. The highest BCUT2D eigenvalue weighted by Gasteiger charge is 2.61. The molecular formula is C15H21N3O2S. The second kappa shape index (κ2) is 5.33. The van der Waals surface area contributed by atoms with Crippen molar-refractivity contribution in [2.24, 2.45) is 11.3 Å². The van der Waals surface area contributed by atoms with Crippen molar-refractivity contribution < 1.29 is 9.59 Å². The minimum Gasteiger partial charge on any atom is -0.351 e. The smallest absolute Gasteiger partial charge is 0.319 e. The highest BCUT2D eigenvalue weighted by Crippen LogP contribution is 2.58. The molecule has 0 bridgehead atoms. The zero-order valence-corrected chi connectivity index (χ0v) is 13.3. The van der Waals surface area contributed by atoms with Gasteiger partial charge in [0.05, 0.1) is 6.54 Å². The highest BCUT2D eigenvalue weighted by molar-refractivity contribution is 7.09.